The van der Waals surface area contributed by atoms with Gasteiger partial charge < -0.3 is 14.2 Å². The fraction of sp³-hybridized carbons (Fsp3) is 0.517. The van der Waals surface area contributed by atoms with Crippen molar-refractivity contribution in [3.63, 3.8) is 0 Å². The number of hydrogen-bond donors (Lipinski definition) is 0. The van der Waals surface area contributed by atoms with Gasteiger partial charge in [0.15, 0.2) is 5.92 Å². The predicted molar refractivity (Wildman–Crippen MR) is 141 cm³/mol. The molecular weight excluding hydrogens is 456 g/mol. The van der Waals surface area contributed by atoms with Crippen molar-refractivity contribution < 1.29 is 23.8 Å². The predicted octanol–water partition coefficient (Wildman–Crippen LogP) is 7.52. The Morgan fingerprint density at radius 1 is 0.722 bits per heavy atom. The molecule has 0 saturated heterocycles. The monoisotopic (exact) mass is 496 g/mol. The van der Waals surface area contributed by atoms with E-state index < -0.39 is 17.9 Å². The topological polar surface area (TPSA) is 86.5 Å². The third-order valence-corrected chi connectivity index (χ3v) is 5.67. The van der Waals surface area contributed by atoms with Gasteiger partial charge >= 0.3 is 11.9 Å². The second kappa shape index (κ2) is 17.2. The van der Waals surface area contributed by atoms with Crippen LogP contribution in [0.2, 0.25) is 0 Å². The number of ether oxygens (including phenoxy) is 3. The molecular formula is C29H40N2O5. The van der Waals surface area contributed by atoms with E-state index in [1.165, 1.54) is 18.4 Å². The average molecular weight is 497 g/mol. The number of nitrogens with zero attached hydrogens (tertiary/aromatic N) is 2. The van der Waals surface area contributed by atoms with Crippen LogP contribution < -0.4 is 4.74 Å². The molecule has 36 heavy (non-hydrogen) atoms. The van der Waals surface area contributed by atoms with E-state index in [1.807, 2.05) is 36.4 Å². The number of hydrogen-bond acceptors (Lipinski definition) is 7. The number of azo groups is 1. The second-order valence-corrected chi connectivity index (χ2v) is 8.57. The smallest absolute Gasteiger partial charge is 0.320 e. The first-order valence-electron chi connectivity index (χ1n) is 13.1. The molecule has 0 aliphatic rings. The Bertz CT molecular complexity index is 908. The van der Waals surface area contributed by atoms with Crippen molar-refractivity contribution in [1.29, 1.82) is 0 Å². The van der Waals surface area contributed by atoms with Crippen LogP contribution in [0.15, 0.2) is 58.8 Å². The Balaban J connectivity index is 1.66. The van der Waals surface area contributed by atoms with Gasteiger partial charge in [-0.2, -0.15) is 10.2 Å². The fourth-order valence-corrected chi connectivity index (χ4v) is 3.65. The van der Waals surface area contributed by atoms with Gasteiger partial charge in [0.1, 0.15) is 5.75 Å². The third-order valence-electron chi connectivity index (χ3n) is 5.67. The Morgan fingerprint density at radius 3 is 1.83 bits per heavy atom. The Labute approximate surface area is 215 Å². The van der Waals surface area contributed by atoms with Crippen LogP contribution in [0.3, 0.4) is 0 Å². The number of benzene rings is 2. The summed E-state index contributed by atoms with van der Waals surface area (Å²) in [5, 5.41) is 8.62. The van der Waals surface area contributed by atoms with E-state index >= 15 is 0 Å². The van der Waals surface area contributed by atoms with Crippen LogP contribution in [0.25, 0.3) is 0 Å². The molecule has 196 valence electrons. The molecule has 7 heteroatoms. The van der Waals surface area contributed by atoms with Gasteiger partial charge in [0.2, 0.25) is 0 Å². The van der Waals surface area contributed by atoms with E-state index in [4.69, 9.17) is 14.2 Å². The van der Waals surface area contributed by atoms with Gasteiger partial charge in [0, 0.05) is 0 Å². The van der Waals surface area contributed by atoms with Crippen molar-refractivity contribution in [2.75, 3.05) is 19.8 Å². The summed E-state index contributed by atoms with van der Waals surface area (Å²) in [5.74, 6) is -1.04. The lowest BCUT2D eigenvalue weighted by atomic mass is 10.0. The van der Waals surface area contributed by atoms with Crippen LogP contribution in [0.5, 0.6) is 5.75 Å². The fourth-order valence-electron chi connectivity index (χ4n) is 3.65. The van der Waals surface area contributed by atoms with Crippen LogP contribution in [-0.4, -0.2) is 31.8 Å². The maximum Gasteiger partial charge on any atom is 0.320 e. The van der Waals surface area contributed by atoms with Gasteiger partial charge in [-0.1, -0.05) is 44.7 Å². The second-order valence-electron chi connectivity index (χ2n) is 8.57. The number of aryl methyl sites for hydroxylation is 1. The first-order chi connectivity index (χ1) is 17.6. The van der Waals surface area contributed by atoms with E-state index in [0.717, 1.165) is 49.2 Å². The minimum Gasteiger partial charge on any atom is -0.494 e. The normalized spacial score (nSPS) is 11.1. The molecule has 0 atom stereocenters. The number of carbonyl (C=O) groups excluding carboxylic acids is 2. The zero-order chi connectivity index (χ0) is 26.0. The van der Waals surface area contributed by atoms with Gasteiger partial charge in [0.25, 0.3) is 0 Å². The summed E-state index contributed by atoms with van der Waals surface area (Å²) in [7, 11) is 0. The minimum atomic E-state index is -0.832. The van der Waals surface area contributed by atoms with Crippen LogP contribution in [-0.2, 0) is 25.5 Å². The number of esters is 2. The molecule has 2 rings (SSSR count). The average Bonchev–Trinajstić information content (AvgIpc) is 2.89. The summed E-state index contributed by atoms with van der Waals surface area (Å²) >= 11 is 0. The van der Waals surface area contributed by atoms with E-state index in [-0.39, 0.29) is 13.2 Å². The van der Waals surface area contributed by atoms with E-state index in [1.54, 1.807) is 13.8 Å². The molecule has 7 nitrogen and oxygen atoms in total. The number of carbonyl (C=O) groups is 2. The zero-order valence-electron chi connectivity index (χ0n) is 21.9. The van der Waals surface area contributed by atoms with Crippen LogP contribution in [0.1, 0.15) is 71.3 Å². The van der Waals surface area contributed by atoms with Gasteiger partial charge in [0.05, 0.1) is 31.2 Å². The van der Waals surface area contributed by atoms with E-state index in [2.05, 4.69) is 29.3 Å². The van der Waals surface area contributed by atoms with E-state index in [0.29, 0.717) is 13.0 Å². The third kappa shape index (κ3) is 11.0. The lowest BCUT2D eigenvalue weighted by Gasteiger charge is -2.14. The Hall–Kier alpha value is -3.22. The molecule has 0 saturated carbocycles. The van der Waals surface area contributed by atoms with Crippen LogP contribution in [0, 0.1) is 5.92 Å². The lowest BCUT2D eigenvalue weighted by molar-refractivity contribution is -0.161. The molecule has 2 aromatic rings. The molecule has 0 amide bonds. The van der Waals surface area contributed by atoms with E-state index in [9.17, 15) is 9.59 Å². The molecule has 2 aromatic carbocycles. The molecule has 0 fully saturated rings. The quantitative estimate of drug-likeness (QED) is 0.0978. The van der Waals surface area contributed by atoms with Gasteiger partial charge in [-0.25, -0.2) is 0 Å². The van der Waals surface area contributed by atoms with Crippen molar-refractivity contribution >= 4 is 23.3 Å². The van der Waals surface area contributed by atoms with Crippen molar-refractivity contribution in [2.45, 2.75) is 72.1 Å². The van der Waals surface area contributed by atoms with Crippen molar-refractivity contribution in [3.8, 4) is 5.75 Å². The van der Waals surface area contributed by atoms with Gasteiger partial charge in [-0.15, -0.1) is 0 Å². The molecule has 0 radical (unpaired) electrons. The van der Waals surface area contributed by atoms with Crippen LogP contribution >= 0.6 is 0 Å². The lowest BCUT2D eigenvalue weighted by Crippen LogP contribution is -2.28. The standard InChI is InChI=1S/C29H40N2O5/c1-4-7-12-23-14-16-24(17-15-23)30-31-25-18-20-26(21-19-25)36-22-11-9-8-10-13-27(28(32)34-5-2)29(33)35-6-3/h14-21,27H,4-13,22H2,1-3H3. The summed E-state index contributed by atoms with van der Waals surface area (Å²) < 4.78 is 15.8. The van der Waals surface area contributed by atoms with Crippen LogP contribution in [0.4, 0.5) is 11.4 Å². The minimum absolute atomic E-state index is 0.253. The summed E-state index contributed by atoms with van der Waals surface area (Å²) in [4.78, 5) is 24.0. The zero-order valence-corrected chi connectivity index (χ0v) is 21.9. The SMILES string of the molecule is CCCCc1ccc(N=Nc2ccc(OCCCCCCC(C(=O)OCC)C(=O)OCC)cc2)cc1. The van der Waals surface area contributed by atoms with Crippen molar-refractivity contribution in [1.82, 2.24) is 0 Å². The van der Waals surface area contributed by atoms with Crippen molar-refractivity contribution in [2.24, 2.45) is 16.1 Å². The van der Waals surface area contributed by atoms with Gasteiger partial charge in [-0.05, 0) is 81.5 Å². The number of rotatable bonds is 17. The Morgan fingerprint density at radius 2 is 1.28 bits per heavy atom. The molecule has 0 spiro atoms. The molecule has 0 heterocycles. The first-order valence-corrected chi connectivity index (χ1v) is 13.1. The summed E-state index contributed by atoms with van der Waals surface area (Å²) in [5.41, 5.74) is 2.94. The molecule has 0 N–H and O–H groups in total. The van der Waals surface area contributed by atoms with Gasteiger partial charge in [-0.3, -0.25) is 9.59 Å². The maximum absolute atomic E-state index is 12.0. The maximum atomic E-state index is 12.0. The summed E-state index contributed by atoms with van der Waals surface area (Å²) in [6, 6.07) is 15.8. The summed E-state index contributed by atoms with van der Waals surface area (Å²) in [6.07, 6.45) is 7.42. The Kier molecular flexibility index (Phi) is 13.9. The molecule has 0 unspecified atom stereocenters. The molecule has 0 aliphatic carbocycles. The highest BCUT2D eigenvalue weighted by Crippen LogP contribution is 2.22. The highest BCUT2D eigenvalue weighted by Gasteiger charge is 2.28. The number of unbranched alkanes of at least 4 members (excludes halogenated alkanes) is 4. The molecule has 0 aromatic heterocycles. The largest absolute Gasteiger partial charge is 0.494 e. The highest BCUT2D eigenvalue weighted by atomic mass is 16.6. The van der Waals surface area contributed by atoms with Crippen molar-refractivity contribution in [3.05, 3.63) is 54.1 Å². The summed E-state index contributed by atoms with van der Waals surface area (Å²) in [6.45, 7) is 6.76. The first kappa shape index (κ1) is 29.0. The highest BCUT2D eigenvalue weighted by molar-refractivity contribution is 5.94. The molecule has 0 bridgehead atoms. The molecule has 0 aliphatic heterocycles.